The molecule has 0 saturated carbocycles. The molecule has 5 heteroatoms. The molecule has 20 heavy (non-hydrogen) atoms. The van der Waals surface area contributed by atoms with E-state index in [-0.39, 0.29) is 0 Å². The second-order valence-electron chi connectivity index (χ2n) is 5.23. The van der Waals surface area contributed by atoms with E-state index in [9.17, 15) is 0 Å². The Balaban J connectivity index is 2.25. The lowest BCUT2D eigenvalue weighted by Crippen LogP contribution is -2.01. The average Bonchev–Trinajstić information content (AvgIpc) is 2.93. The number of anilines is 1. The molecule has 0 aliphatic carbocycles. The molecule has 0 saturated heterocycles. The second kappa shape index (κ2) is 4.67. The zero-order chi connectivity index (χ0) is 14.3. The number of aromatic amines is 1. The van der Waals surface area contributed by atoms with Crippen LogP contribution in [-0.2, 0) is 6.42 Å². The van der Waals surface area contributed by atoms with Gasteiger partial charge in [0.1, 0.15) is 5.82 Å². The van der Waals surface area contributed by atoms with Crippen LogP contribution in [-0.4, -0.2) is 20.0 Å². The second-order valence-corrected chi connectivity index (χ2v) is 5.23. The Morgan fingerprint density at radius 1 is 1.30 bits per heavy atom. The van der Waals surface area contributed by atoms with Crippen LogP contribution in [0, 0.1) is 13.8 Å². The number of benzene rings is 1. The first-order valence-electron chi connectivity index (χ1n) is 6.91. The Labute approximate surface area is 117 Å². The van der Waals surface area contributed by atoms with E-state index in [0.29, 0.717) is 5.82 Å². The summed E-state index contributed by atoms with van der Waals surface area (Å²) in [6.07, 6.45) is 1.93. The van der Waals surface area contributed by atoms with Crippen molar-refractivity contribution in [2.75, 3.05) is 5.73 Å². The summed E-state index contributed by atoms with van der Waals surface area (Å²) in [6.45, 7) is 6.31. The van der Waals surface area contributed by atoms with Crippen LogP contribution in [0.15, 0.2) is 18.2 Å². The Morgan fingerprint density at radius 3 is 2.80 bits per heavy atom. The van der Waals surface area contributed by atoms with E-state index in [1.165, 1.54) is 11.1 Å². The predicted molar refractivity (Wildman–Crippen MR) is 81.1 cm³/mol. The molecule has 2 aromatic heterocycles. The molecule has 3 rings (SSSR count). The van der Waals surface area contributed by atoms with E-state index < -0.39 is 0 Å². The number of nitrogens with two attached hydrogens (primary N) is 1. The molecule has 0 aliphatic heterocycles. The van der Waals surface area contributed by atoms with Crippen molar-refractivity contribution < 1.29 is 0 Å². The van der Waals surface area contributed by atoms with Gasteiger partial charge in [0.15, 0.2) is 5.65 Å². The monoisotopic (exact) mass is 269 g/mol. The molecule has 5 nitrogen and oxygen atoms in total. The van der Waals surface area contributed by atoms with Crippen molar-refractivity contribution in [3.63, 3.8) is 0 Å². The number of nitrogens with zero attached hydrogens (tertiary/aromatic N) is 3. The van der Waals surface area contributed by atoms with Gasteiger partial charge in [-0.1, -0.05) is 31.0 Å². The van der Waals surface area contributed by atoms with Gasteiger partial charge in [-0.3, -0.25) is 5.10 Å². The van der Waals surface area contributed by atoms with Crippen LogP contribution in [0.4, 0.5) is 5.82 Å². The average molecular weight is 269 g/mol. The number of fused-ring (bicyclic) bond motifs is 1. The summed E-state index contributed by atoms with van der Waals surface area (Å²) in [5, 5.41) is 12.8. The van der Waals surface area contributed by atoms with Crippen molar-refractivity contribution in [3.8, 4) is 5.69 Å². The van der Waals surface area contributed by atoms with E-state index in [1.54, 1.807) is 0 Å². The summed E-state index contributed by atoms with van der Waals surface area (Å²) in [5.74, 6) is 0.597. The van der Waals surface area contributed by atoms with Crippen LogP contribution in [0.25, 0.3) is 16.7 Å². The summed E-state index contributed by atoms with van der Waals surface area (Å²) >= 11 is 0. The first kappa shape index (κ1) is 12.7. The Hall–Kier alpha value is -2.30. The first-order valence-corrected chi connectivity index (χ1v) is 6.91. The highest BCUT2D eigenvalue weighted by Gasteiger charge is 2.17. The van der Waals surface area contributed by atoms with Crippen molar-refractivity contribution in [2.45, 2.75) is 33.6 Å². The van der Waals surface area contributed by atoms with Crippen molar-refractivity contribution in [1.29, 1.82) is 0 Å². The minimum atomic E-state index is 0.597. The van der Waals surface area contributed by atoms with Crippen molar-refractivity contribution in [3.05, 3.63) is 35.0 Å². The summed E-state index contributed by atoms with van der Waals surface area (Å²) in [5.41, 5.74) is 11.3. The molecule has 0 atom stereocenters. The summed E-state index contributed by atoms with van der Waals surface area (Å²) < 4.78 is 1.89. The van der Waals surface area contributed by atoms with Crippen LogP contribution in [0.5, 0.6) is 0 Å². The number of nitrogen functional groups attached to an aromatic ring is 1. The highest BCUT2D eigenvalue weighted by atomic mass is 15.4. The standard InChI is InChI=1S/C15H19N5/c1-4-5-11-13-14(16)17-18-15(13)20(19-11)12-7-6-9(2)8-10(12)3/h6-8H,4-5H2,1-3H3,(H3,16,17,18). The Kier molecular flexibility index (Phi) is 2.97. The van der Waals surface area contributed by atoms with Crippen molar-refractivity contribution in [2.24, 2.45) is 0 Å². The minimum absolute atomic E-state index is 0.597. The normalized spacial score (nSPS) is 11.3. The van der Waals surface area contributed by atoms with Gasteiger partial charge in [0.25, 0.3) is 0 Å². The smallest absolute Gasteiger partial charge is 0.186 e. The molecule has 1 aromatic carbocycles. The lowest BCUT2D eigenvalue weighted by molar-refractivity contribution is 0.806. The zero-order valence-electron chi connectivity index (χ0n) is 12.1. The number of hydrogen-bond donors (Lipinski definition) is 2. The van der Waals surface area contributed by atoms with Crippen LogP contribution < -0.4 is 5.73 Å². The van der Waals surface area contributed by atoms with E-state index in [0.717, 1.165) is 35.3 Å². The fraction of sp³-hybridized carbons (Fsp3) is 0.333. The predicted octanol–water partition coefficient (Wildman–Crippen LogP) is 2.90. The molecule has 0 amide bonds. The lowest BCUT2D eigenvalue weighted by Gasteiger charge is -2.06. The quantitative estimate of drug-likeness (QED) is 0.768. The summed E-state index contributed by atoms with van der Waals surface area (Å²) in [7, 11) is 0. The van der Waals surface area contributed by atoms with Gasteiger partial charge in [-0.25, -0.2) is 4.68 Å². The van der Waals surface area contributed by atoms with Gasteiger partial charge >= 0.3 is 0 Å². The highest BCUT2D eigenvalue weighted by molar-refractivity contribution is 5.90. The SMILES string of the molecule is CCCc1nn(-c2ccc(C)cc2C)c2n[nH]c(N)c12. The van der Waals surface area contributed by atoms with Gasteiger partial charge in [-0.15, -0.1) is 0 Å². The van der Waals surface area contributed by atoms with E-state index in [4.69, 9.17) is 10.8 Å². The zero-order valence-corrected chi connectivity index (χ0v) is 12.1. The highest BCUT2D eigenvalue weighted by Crippen LogP contribution is 2.27. The van der Waals surface area contributed by atoms with Gasteiger partial charge in [0.05, 0.1) is 16.8 Å². The number of hydrogen-bond acceptors (Lipinski definition) is 3. The maximum absolute atomic E-state index is 5.99. The van der Waals surface area contributed by atoms with Crippen molar-refractivity contribution >= 4 is 16.9 Å². The number of nitrogens with one attached hydrogen (secondary N) is 1. The lowest BCUT2D eigenvalue weighted by atomic mass is 10.1. The van der Waals surface area contributed by atoms with Crippen LogP contribution in [0.2, 0.25) is 0 Å². The molecule has 3 N–H and O–H groups in total. The van der Waals surface area contributed by atoms with Crippen LogP contribution in [0.1, 0.15) is 30.2 Å². The van der Waals surface area contributed by atoms with E-state index in [2.05, 4.69) is 49.2 Å². The fourth-order valence-corrected chi connectivity index (χ4v) is 2.62. The molecular formula is C15H19N5. The molecule has 104 valence electrons. The number of rotatable bonds is 3. The van der Waals surface area contributed by atoms with Crippen LogP contribution >= 0.6 is 0 Å². The Bertz CT molecular complexity index is 766. The fourth-order valence-electron chi connectivity index (χ4n) is 2.62. The maximum Gasteiger partial charge on any atom is 0.186 e. The molecule has 0 fully saturated rings. The van der Waals surface area contributed by atoms with Gasteiger partial charge in [-0.2, -0.15) is 10.2 Å². The van der Waals surface area contributed by atoms with E-state index >= 15 is 0 Å². The third kappa shape index (κ3) is 1.86. The molecule has 3 aromatic rings. The molecule has 0 aliphatic rings. The van der Waals surface area contributed by atoms with Gasteiger partial charge < -0.3 is 5.73 Å². The molecule has 0 spiro atoms. The first-order chi connectivity index (χ1) is 9.61. The molecular weight excluding hydrogens is 250 g/mol. The molecule has 0 radical (unpaired) electrons. The number of aryl methyl sites for hydroxylation is 3. The van der Waals surface area contributed by atoms with Crippen LogP contribution in [0.3, 0.4) is 0 Å². The summed E-state index contributed by atoms with van der Waals surface area (Å²) in [6, 6.07) is 6.32. The largest absolute Gasteiger partial charge is 0.383 e. The topological polar surface area (TPSA) is 72.5 Å². The Morgan fingerprint density at radius 2 is 2.10 bits per heavy atom. The van der Waals surface area contributed by atoms with Gasteiger partial charge in [0, 0.05) is 0 Å². The van der Waals surface area contributed by atoms with Gasteiger partial charge in [-0.05, 0) is 31.9 Å². The third-order valence-corrected chi connectivity index (χ3v) is 3.55. The maximum atomic E-state index is 5.99. The molecule has 0 bridgehead atoms. The summed E-state index contributed by atoms with van der Waals surface area (Å²) in [4.78, 5) is 0. The van der Waals surface area contributed by atoms with Gasteiger partial charge in [0.2, 0.25) is 0 Å². The molecule has 0 unspecified atom stereocenters. The number of aromatic nitrogens is 4. The van der Waals surface area contributed by atoms with Crippen molar-refractivity contribution in [1.82, 2.24) is 20.0 Å². The van der Waals surface area contributed by atoms with E-state index in [1.807, 2.05) is 4.68 Å². The third-order valence-electron chi connectivity index (χ3n) is 3.55. The minimum Gasteiger partial charge on any atom is -0.383 e. The molecule has 2 heterocycles. The number of H-pyrrole nitrogens is 1.